The second kappa shape index (κ2) is 5.33. The summed E-state index contributed by atoms with van der Waals surface area (Å²) >= 11 is 6.04. The van der Waals surface area contributed by atoms with Crippen LogP contribution in [0.15, 0.2) is 17.3 Å². The van der Waals surface area contributed by atoms with E-state index in [9.17, 15) is 4.39 Å². The number of rotatable bonds is 2. The molecule has 1 aromatic rings. The van der Waals surface area contributed by atoms with Crippen molar-refractivity contribution in [3.05, 3.63) is 28.5 Å². The zero-order valence-corrected chi connectivity index (χ0v) is 9.82. The summed E-state index contributed by atoms with van der Waals surface area (Å²) in [5.74, 6) is -0.422. The van der Waals surface area contributed by atoms with Crippen LogP contribution in [0.5, 0.6) is 0 Å². The highest BCUT2D eigenvalue weighted by Crippen LogP contribution is 2.30. The highest BCUT2D eigenvalue weighted by Gasteiger charge is 2.18. The van der Waals surface area contributed by atoms with Gasteiger partial charge in [0, 0.05) is 18.7 Å². The molecule has 0 amide bonds. The summed E-state index contributed by atoms with van der Waals surface area (Å²) in [6.45, 7) is 2.36. The minimum absolute atomic E-state index is 0.307. The molecule has 1 N–H and O–H groups in total. The van der Waals surface area contributed by atoms with Crippen LogP contribution in [0.25, 0.3) is 0 Å². The smallest absolute Gasteiger partial charge is 0.148 e. The molecule has 1 aromatic carbocycles. The second-order valence-corrected chi connectivity index (χ2v) is 4.08. The van der Waals surface area contributed by atoms with Crippen LogP contribution in [0.4, 0.5) is 10.1 Å². The van der Waals surface area contributed by atoms with Crippen LogP contribution in [-0.4, -0.2) is 37.7 Å². The first-order valence-corrected chi connectivity index (χ1v) is 5.59. The largest absolute Gasteiger partial charge is 0.411 e. The van der Waals surface area contributed by atoms with Crippen molar-refractivity contribution in [1.82, 2.24) is 0 Å². The molecule has 92 valence electrons. The zero-order valence-electron chi connectivity index (χ0n) is 9.07. The number of hydrogen-bond acceptors (Lipinski definition) is 4. The predicted octanol–water partition coefficient (Wildman–Crippen LogP) is 2.12. The Bertz CT molecular complexity index is 410. The first-order valence-electron chi connectivity index (χ1n) is 5.21. The van der Waals surface area contributed by atoms with E-state index in [4.69, 9.17) is 21.5 Å². The number of anilines is 1. The van der Waals surface area contributed by atoms with E-state index >= 15 is 0 Å². The third-order valence-corrected chi connectivity index (χ3v) is 2.86. The first kappa shape index (κ1) is 12.1. The summed E-state index contributed by atoms with van der Waals surface area (Å²) in [6, 6.07) is 2.85. The third-order valence-electron chi connectivity index (χ3n) is 2.57. The summed E-state index contributed by atoms with van der Waals surface area (Å²) in [7, 11) is 0. The lowest BCUT2D eigenvalue weighted by molar-refractivity contribution is 0.122. The van der Waals surface area contributed by atoms with E-state index in [0.717, 1.165) is 6.21 Å². The van der Waals surface area contributed by atoms with Gasteiger partial charge in [-0.05, 0) is 12.1 Å². The number of nitrogens with zero attached hydrogens (tertiary/aromatic N) is 2. The van der Waals surface area contributed by atoms with Crippen LogP contribution in [0.3, 0.4) is 0 Å². The first-order chi connectivity index (χ1) is 8.22. The maximum Gasteiger partial charge on any atom is 0.148 e. The maximum absolute atomic E-state index is 13.9. The minimum atomic E-state index is -0.422. The van der Waals surface area contributed by atoms with E-state index < -0.39 is 5.82 Å². The van der Waals surface area contributed by atoms with Crippen LogP contribution >= 0.6 is 11.6 Å². The fourth-order valence-electron chi connectivity index (χ4n) is 1.82. The molecular formula is C11H12ClFN2O2. The summed E-state index contributed by atoms with van der Waals surface area (Å²) in [6.07, 6.45) is 1.14. The van der Waals surface area contributed by atoms with E-state index in [0.29, 0.717) is 42.6 Å². The molecule has 0 saturated carbocycles. The summed E-state index contributed by atoms with van der Waals surface area (Å²) in [5.41, 5.74) is 0.803. The van der Waals surface area contributed by atoms with Crippen molar-refractivity contribution in [1.29, 1.82) is 0 Å². The molecule has 4 nitrogen and oxygen atoms in total. The number of ether oxygens (including phenoxy) is 1. The van der Waals surface area contributed by atoms with Crippen molar-refractivity contribution in [2.24, 2.45) is 5.16 Å². The summed E-state index contributed by atoms with van der Waals surface area (Å²) in [5, 5.41) is 11.6. The highest BCUT2D eigenvalue weighted by molar-refractivity contribution is 6.33. The van der Waals surface area contributed by atoms with Gasteiger partial charge in [-0.2, -0.15) is 0 Å². The second-order valence-electron chi connectivity index (χ2n) is 3.68. The fraction of sp³-hybridized carbons (Fsp3) is 0.364. The molecule has 0 aliphatic carbocycles. The van der Waals surface area contributed by atoms with Gasteiger partial charge in [-0.25, -0.2) is 4.39 Å². The van der Waals surface area contributed by atoms with E-state index in [1.165, 1.54) is 6.07 Å². The Labute approximate surface area is 103 Å². The molecular weight excluding hydrogens is 247 g/mol. The number of hydrogen-bond donors (Lipinski definition) is 1. The van der Waals surface area contributed by atoms with Crippen LogP contribution in [0.2, 0.25) is 5.02 Å². The van der Waals surface area contributed by atoms with E-state index in [-0.39, 0.29) is 0 Å². The Morgan fingerprint density at radius 1 is 1.41 bits per heavy atom. The SMILES string of the molecule is O/N=C/c1cc(F)c(N2CCOCC2)c(Cl)c1. The topological polar surface area (TPSA) is 45.1 Å². The van der Waals surface area contributed by atoms with Gasteiger partial charge in [0.25, 0.3) is 0 Å². The molecule has 17 heavy (non-hydrogen) atoms. The zero-order chi connectivity index (χ0) is 12.3. The van der Waals surface area contributed by atoms with Crippen LogP contribution < -0.4 is 4.90 Å². The molecule has 6 heteroatoms. The molecule has 1 heterocycles. The van der Waals surface area contributed by atoms with Gasteiger partial charge in [-0.1, -0.05) is 16.8 Å². The Morgan fingerprint density at radius 3 is 2.71 bits per heavy atom. The van der Waals surface area contributed by atoms with E-state index in [2.05, 4.69) is 5.16 Å². The number of halogens is 2. The molecule has 0 unspecified atom stereocenters. The Balaban J connectivity index is 2.33. The van der Waals surface area contributed by atoms with Crippen LogP contribution in [0.1, 0.15) is 5.56 Å². The van der Waals surface area contributed by atoms with Crippen LogP contribution in [0, 0.1) is 5.82 Å². The van der Waals surface area contributed by atoms with Gasteiger partial charge in [0.1, 0.15) is 5.82 Å². The standard InChI is InChI=1S/C11H12ClFN2O2/c12-9-5-8(7-14-16)6-10(13)11(9)15-1-3-17-4-2-15/h5-7,16H,1-4H2/b14-7+. The number of oxime groups is 1. The molecule has 0 atom stereocenters. The van der Waals surface area contributed by atoms with Gasteiger partial charge in [0.05, 0.1) is 30.1 Å². The molecule has 1 aliphatic heterocycles. The Morgan fingerprint density at radius 2 is 2.12 bits per heavy atom. The van der Waals surface area contributed by atoms with Gasteiger partial charge in [-0.15, -0.1) is 0 Å². The predicted molar refractivity (Wildman–Crippen MR) is 63.8 cm³/mol. The molecule has 2 rings (SSSR count). The summed E-state index contributed by atoms with van der Waals surface area (Å²) < 4.78 is 19.1. The fourth-order valence-corrected chi connectivity index (χ4v) is 2.15. The monoisotopic (exact) mass is 258 g/mol. The van der Waals surface area contributed by atoms with Gasteiger partial charge < -0.3 is 14.8 Å². The van der Waals surface area contributed by atoms with Crippen molar-refractivity contribution < 1.29 is 14.3 Å². The summed E-state index contributed by atoms with van der Waals surface area (Å²) in [4.78, 5) is 1.85. The molecule has 0 bridgehead atoms. The van der Waals surface area contributed by atoms with Crippen molar-refractivity contribution in [3.63, 3.8) is 0 Å². The third kappa shape index (κ3) is 2.68. The average Bonchev–Trinajstić information content (AvgIpc) is 2.30. The molecule has 1 saturated heterocycles. The van der Waals surface area contributed by atoms with Crippen molar-refractivity contribution in [3.8, 4) is 0 Å². The number of morpholine rings is 1. The quantitative estimate of drug-likeness (QED) is 0.502. The maximum atomic E-state index is 13.9. The lowest BCUT2D eigenvalue weighted by atomic mass is 10.2. The Kier molecular flexibility index (Phi) is 3.81. The van der Waals surface area contributed by atoms with Gasteiger partial charge in [0.15, 0.2) is 0 Å². The van der Waals surface area contributed by atoms with E-state index in [1.807, 2.05) is 4.90 Å². The lowest BCUT2D eigenvalue weighted by Gasteiger charge is -2.29. The average molecular weight is 259 g/mol. The van der Waals surface area contributed by atoms with Gasteiger partial charge >= 0.3 is 0 Å². The van der Waals surface area contributed by atoms with Crippen molar-refractivity contribution in [2.45, 2.75) is 0 Å². The molecule has 1 fully saturated rings. The van der Waals surface area contributed by atoms with Gasteiger partial charge in [-0.3, -0.25) is 0 Å². The molecule has 0 spiro atoms. The Hall–Kier alpha value is -1.33. The van der Waals surface area contributed by atoms with Gasteiger partial charge in [0.2, 0.25) is 0 Å². The molecule has 1 aliphatic rings. The van der Waals surface area contributed by atoms with Crippen molar-refractivity contribution in [2.75, 3.05) is 31.2 Å². The minimum Gasteiger partial charge on any atom is -0.411 e. The van der Waals surface area contributed by atoms with Crippen LogP contribution in [-0.2, 0) is 4.74 Å². The normalized spacial score (nSPS) is 16.7. The highest BCUT2D eigenvalue weighted by atomic mass is 35.5. The lowest BCUT2D eigenvalue weighted by Crippen LogP contribution is -2.37. The number of benzene rings is 1. The molecule has 0 radical (unpaired) electrons. The van der Waals surface area contributed by atoms with Crippen molar-refractivity contribution >= 4 is 23.5 Å². The molecule has 0 aromatic heterocycles. The van der Waals surface area contributed by atoms with E-state index in [1.54, 1.807) is 6.07 Å².